The topological polar surface area (TPSA) is 27.7 Å². The van der Waals surface area contributed by atoms with E-state index in [0.717, 1.165) is 22.3 Å². The van der Waals surface area contributed by atoms with Crippen molar-refractivity contribution in [2.75, 3.05) is 27.4 Å². The summed E-state index contributed by atoms with van der Waals surface area (Å²) < 4.78 is 17.8. The summed E-state index contributed by atoms with van der Waals surface area (Å²) in [5.41, 5.74) is 6.69. The lowest BCUT2D eigenvalue weighted by atomic mass is 10.0. The van der Waals surface area contributed by atoms with Crippen LogP contribution >= 0.6 is 0 Å². The molecule has 0 aliphatic carbocycles. The van der Waals surface area contributed by atoms with Gasteiger partial charge in [-0.05, 0) is 45.5 Å². The second-order valence-electron chi connectivity index (χ2n) is 8.85. The molecule has 3 heteroatoms. The van der Waals surface area contributed by atoms with Gasteiger partial charge in [0, 0.05) is 14.2 Å². The molecule has 0 aliphatic heterocycles. The van der Waals surface area contributed by atoms with Crippen molar-refractivity contribution in [3.63, 3.8) is 0 Å². The SMILES string of the molecule is COCC(OC(COC)c1cccc(/C=C/c2ccccc2)c1)c1cccc(/C=C/c2ccccc2)c1. The maximum absolute atomic E-state index is 6.64. The first kappa shape index (κ1) is 26.3. The maximum atomic E-state index is 6.64. The van der Waals surface area contributed by atoms with Crippen molar-refractivity contribution in [3.05, 3.63) is 143 Å². The molecule has 4 aromatic carbocycles. The van der Waals surface area contributed by atoms with Crippen LogP contribution in [-0.4, -0.2) is 27.4 Å². The van der Waals surface area contributed by atoms with E-state index in [-0.39, 0.29) is 12.2 Å². The van der Waals surface area contributed by atoms with E-state index in [1.807, 2.05) is 36.4 Å². The van der Waals surface area contributed by atoms with E-state index < -0.39 is 0 Å². The smallest absolute Gasteiger partial charge is 0.107 e. The molecule has 0 spiro atoms. The Labute approximate surface area is 220 Å². The molecule has 0 bridgehead atoms. The van der Waals surface area contributed by atoms with Gasteiger partial charge in [-0.15, -0.1) is 0 Å². The van der Waals surface area contributed by atoms with Gasteiger partial charge in [-0.25, -0.2) is 0 Å². The summed E-state index contributed by atoms with van der Waals surface area (Å²) in [6, 6.07) is 37.4. The first-order valence-corrected chi connectivity index (χ1v) is 12.5. The average Bonchev–Trinajstić information content (AvgIpc) is 2.96. The Kier molecular flexibility index (Phi) is 10.0. The largest absolute Gasteiger partial charge is 0.382 e. The maximum Gasteiger partial charge on any atom is 0.107 e. The minimum Gasteiger partial charge on any atom is -0.382 e. The summed E-state index contributed by atoms with van der Waals surface area (Å²) in [6.45, 7) is 0.888. The molecule has 4 rings (SSSR count). The molecule has 0 radical (unpaired) electrons. The molecule has 0 aliphatic rings. The molecule has 0 fully saturated rings. The summed E-state index contributed by atoms with van der Waals surface area (Å²) in [4.78, 5) is 0. The van der Waals surface area contributed by atoms with Gasteiger partial charge in [0.2, 0.25) is 0 Å². The number of ether oxygens (including phenoxy) is 3. The van der Waals surface area contributed by atoms with Gasteiger partial charge in [0.25, 0.3) is 0 Å². The Morgan fingerprint density at radius 2 is 0.865 bits per heavy atom. The highest BCUT2D eigenvalue weighted by Crippen LogP contribution is 2.29. The van der Waals surface area contributed by atoms with E-state index >= 15 is 0 Å². The van der Waals surface area contributed by atoms with Crippen LogP contribution in [0.3, 0.4) is 0 Å². The van der Waals surface area contributed by atoms with Crippen molar-refractivity contribution in [2.24, 2.45) is 0 Å². The Balaban J connectivity index is 1.53. The van der Waals surface area contributed by atoms with Crippen LogP contribution in [0.25, 0.3) is 24.3 Å². The lowest BCUT2D eigenvalue weighted by molar-refractivity contribution is -0.0775. The van der Waals surface area contributed by atoms with Crippen molar-refractivity contribution in [1.29, 1.82) is 0 Å². The van der Waals surface area contributed by atoms with Crippen LogP contribution in [0.2, 0.25) is 0 Å². The second kappa shape index (κ2) is 14.1. The predicted octanol–water partition coefficient (Wildman–Crippen LogP) is 8.12. The Morgan fingerprint density at radius 3 is 1.27 bits per heavy atom. The normalized spacial score (nSPS) is 13.2. The Morgan fingerprint density at radius 1 is 0.486 bits per heavy atom. The van der Waals surface area contributed by atoms with Crippen molar-refractivity contribution < 1.29 is 14.2 Å². The van der Waals surface area contributed by atoms with Gasteiger partial charge in [0.15, 0.2) is 0 Å². The third-order valence-electron chi connectivity index (χ3n) is 6.07. The van der Waals surface area contributed by atoms with E-state index in [1.165, 1.54) is 11.1 Å². The second-order valence-corrected chi connectivity index (χ2v) is 8.85. The zero-order valence-corrected chi connectivity index (χ0v) is 21.5. The molecule has 0 N–H and O–H groups in total. The molecular formula is C34H34O3. The minimum absolute atomic E-state index is 0.237. The van der Waals surface area contributed by atoms with Gasteiger partial charge >= 0.3 is 0 Å². The zero-order valence-electron chi connectivity index (χ0n) is 21.5. The molecule has 37 heavy (non-hydrogen) atoms. The summed E-state index contributed by atoms with van der Waals surface area (Å²) in [6.07, 6.45) is 8.01. The van der Waals surface area contributed by atoms with E-state index in [9.17, 15) is 0 Å². The number of benzene rings is 4. The van der Waals surface area contributed by atoms with Gasteiger partial charge in [0.1, 0.15) is 12.2 Å². The number of hydrogen-bond donors (Lipinski definition) is 0. The van der Waals surface area contributed by atoms with Gasteiger partial charge in [-0.2, -0.15) is 0 Å². The fraction of sp³-hybridized carbons (Fsp3) is 0.176. The first-order chi connectivity index (χ1) is 18.2. The van der Waals surface area contributed by atoms with Gasteiger partial charge in [0.05, 0.1) is 13.2 Å². The standard InChI is InChI=1S/C34H34O3/c1-35-25-33(31-17-9-15-29(23-31)21-19-27-11-5-3-6-12-27)37-34(26-36-2)32-18-10-16-30(24-32)22-20-28-13-7-4-8-14-28/h3-24,33-34H,25-26H2,1-2H3/b21-19+,22-20+. The molecule has 0 saturated heterocycles. The number of rotatable bonds is 12. The lowest BCUT2D eigenvalue weighted by Crippen LogP contribution is -2.18. The van der Waals surface area contributed by atoms with Crippen LogP contribution in [0, 0.1) is 0 Å². The monoisotopic (exact) mass is 490 g/mol. The van der Waals surface area contributed by atoms with Crippen molar-refractivity contribution in [2.45, 2.75) is 12.2 Å². The van der Waals surface area contributed by atoms with Crippen LogP contribution in [0.1, 0.15) is 45.6 Å². The van der Waals surface area contributed by atoms with Crippen LogP contribution in [0.15, 0.2) is 109 Å². The molecule has 2 atom stereocenters. The molecule has 3 nitrogen and oxygen atoms in total. The van der Waals surface area contributed by atoms with Crippen LogP contribution in [0.5, 0.6) is 0 Å². The minimum atomic E-state index is -0.237. The fourth-order valence-electron chi connectivity index (χ4n) is 4.17. The molecule has 4 aromatic rings. The van der Waals surface area contributed by atoms with E-state index in [1.54, 1.807) is 14.2 Å². The molecule has 0 heterocycles. The van der Waals surface area contributed by atoms with Crippen molar-refractivity contribution in [3.8, 4) is 0 Å². The van der Waals surface area contributed by atoms with E-state index in [4.69, 9.17) is 14.2 Å². The Hall–Kier alpha value is -3.76. The van der Waals surface area contributed by atoms with E-state index in [2.05, 4.69) is 97.1 Å². The van der Waals surface area contributed by atoms with Crippen LogP contribution < -0.4 is 0 Å². The lowest BCUT2D eigenvalue weighted by Gasteiger charge is -2.25. The number of hydrogen-bond acceptors (Lipinski definition) is 3. The molecule has 188 valence electrons. The highest BCUT2D eigenvalue weighted by Gasteiger charge is 2.21. The molecular weight excluding hydrogens is 456 g/mol. The summed E-state index contributed by atoms with van der Waals surface area (Å²) >= 11 is 0. The predicted molar refractivity (Wildman–Crippen MR) is 154 cm³/mol. The zero-order chi connectivity index (χ0) is 25.7. The average molecular weight is 491 g/mol. The summed E-state index contributed by atoms with van der Waals surface area (Å²) in [5.74, 6) is 0. The highest BCUT2D eigenvalue weighted by atomic mass is 16.6. The third-order valence-corrected chi connectivity index (χ3v) is 6.07. The quantitative estimate of drug-likeness (QED) is 0.188. The summed E-state index contributed by atoms with van der Waals surface area (Å²) in [5, 5.41) is 0. The molecule has 0 saturated carbocycles. The molecule has 2 unspecified atom stereocenters. The van der Waals surface area contributed by atoms with Gasteiger partial charge in [-0.3, -0.25) is 0 Å². The molecule has 0 aromatic heterocycles. The molecule has 0 amide bonds. The first-order valence-electron chi connectivity index (χ1n) is 12.5. The van der Waals surface area contributed by atoms with Gasteiger partial charge < -0.3 is 14.2 Å². The fourth-order valence-corrected chi connectivity index (χ4v) is 4.17. The third kappa shape index (κ3) is 8.12. The van der Waals surface area contributed by atoms with Crippen molar-refractivity contribution in [1.82, 2.24) is 0 Å². The van der Waals surface area contributed by atoms with Gasteiger partial charge in [-0.1, -0.05) is 121 Å². The number of methoxy groups -OCH3 is 2. The van der Waals surface area contributed by atoms with Crippen LogP contribution in [0.4, 0.5) is 0 Å². The van der Waals surface area contributed by atoms with Crippen molar-refractivity contribution >= 4 is 24.3 Å². The summed E-state index contributed by atoms with van der Waals surface area (Å²) in [7, 11) is 3.41. The van der Waals surface area contributed by atoms with E-state index in [0.29, 0.717) is 13.2 Å². The van der Waals surface area contributed by atoms with Crippen LogP contribution in [-0.2, 0) is 14.2 Å². The highest BCUT2D eigenvalue weighted by molar-refractivity contribution is 5.70. The Bertz CT molecular complexity index is 1180.